The topological polar surface area (TPSA) is 112 Å². The Morgan fingerprint density at radius 1 is 1.26 bits per heavy atom. The molecule has 0 radical (unpaired) electrons. The molecule has 1 aliphatic carbocycles. The van der Waals surface area contributed by atoms with Gasteiger partial charge in [-0.05, 0) is 45.1 Å². The second-order valence-corrected chi connectivity index (χ2v) is 7.49. The molecule has 2 aliphatic rings. The van der Waals surface area contributed by atoms with Crippen molar-refractivity contribution >= 4 is 16.7 Å². The number of nitrogens with one attached hydrogen (secondary N) is 2. The van der Waals surface area contributed by atoms with E-state index in [0.29, 0.717) is 34.6 Å². The first-order valence-corrected chi connectivity index (χ1v) is 9.28. The normalized spacial score (nSPS) is 20.3. The van der Waals surface area contributed by atoms with Crippen LogP contribution < -0.4 is 11.1 Å². The molecule has 1 atom stereocenters. The van der Waals surface area contributed by atoms with E-state index in [0.717, 1.165) is 25.9 Å². The largest absolute Gasteiger partial charge is 0.316 e. The number of hydrogen-bond acceptors (Lipinski definition) is 5. The van der Waals surface area contributed by atoms with Crippen LogP contribution in [0.4, 0.5) is 5.69 Å². The minimum absolute atomic E-state index is 0.0491. The van der Waals surface area contributed by atoms with Gasteiger partial charge >= 0.3 is 11.1 Å². The predicted octanol–water partition coefficient (Wildman–Crippen LogP) is 2.37. The lowest BCUT2D eigenvalue weighted by atomic mass is 9.82. The molecule has 0 saturated carbocycles. The molecule has 1 fully saturated rings. The van der Waals surface area contributed by atoms with Crippen LogP contribution in [-0.2, 0) is 6.54 Å². The van der Waals surface area contributed by atoms with E-state index in [4.69, 9.17) is 0 Å². The second kappa shape index (κ2) is 6.77. The molecule has 0 amide bonds. The molecule has 4 rings (SSSR count). The first-order valence-electron chi connectivity index (χ1n) is 9.28. The van der Waals surface area contributed by atoms with Crippen molar-refractivity contribution in [3.8, 4) is 0 Å². The Kier molecular flexibility index (Phi) is 4.43. The maximum absolute atomic E-state index is 11.8. The van der Waals surface area contributed by atoms with Gasteiger partial charge in [-0.3, -0.25) is 24.6 Å². The fourth-order valence-corrected chi connectivity index (χ4v) is 4.36. The molecule has 1 aromatic heterocycles. The highest BCUT2D eigenvalue weighted by Gasteiger charge is 2.27. The minimum Gasteiger partial charge on any atom is -0.316 e. The maximum Gasteiger partial charge on any atom is 0.314 e. The van der Waals surface area contributed by atoms with E-state index in [1.807, 2.05) is 0 Å². The molecule has 8 heteroatoms. The Morgan fingerprint density at radius 2 is 2.04 bits per heavy atom. The van der Waals surface area contributed by atoms with Crippen molar-refractivity contribution in [2.45, 2.75) is 39.2 Å². The molecule has 0 spiro atoms. The van der Waals surface area contributed by atoms with E-state index in [1.54, 1.807) is 6.92 Å². The number of aromatic nitrogens is 2. The highest BCUT2D eigenvalue weighted by atomic mass is 16.6. The number of rotatable bonds is 3. The lowest BCUT2D eigenvalue weighted by Gasteiger charge is -2.36. The molecule has 27 heavy (non-hydrogen) atoms. The zero-order chi connectivity index (χ0) is 19.1. The van der Waals surface area contributed by atoms with Crippen molar-refractivity contribution in [1.82, 2.24) is 14.9 Å². The van der Waals surface area contributed by atoms with Gasteiger partial charge in [-0.25, -0.2) is 0 Å². The summed E-state index contributed by atoms with van der Waals surface area (Å²) in [6.07, 6.45) is 7.03. The molecule has 0 bridgehead atoms. The number of likely N-dealkylation sites (tertiary alicyclic amines) is 1. The van der Waals surface area contributed by atoms with Crippen molar-refractivity contribution in [3.05, 3.63) is 59.7 Å². The maximum atomic E-state index is 11.8. The summed E-state index contributed by atoms with van der Waals surface area (Å²) in [5.74, 6) is 0.661. The number of aromatic amines is 2. The van der Waals surface area contributed by atoms with E-state index < -0.39 is 16.0 Å². The zero-order valence-corrected chi connectivity index (χ0v) is 15.2. The lowest BCUT2D eigenvalue weighted by molar-refractivity contribution is -0.385. The quantitative estimate of drug-likeness (QED) is 0.373. The summed E-state index contributed by atoms with van der Waals surface area (Å²) in [7, 11) is 0. The van der Waals surface area contributed by atoms with Crippen LogP contribution in [0, 0.1) is 23.0 Å². The minimum atomic E-state index is -0.806. The number of H-pyrrole nitrogens is 2. The van der Waals surface area contributed by atoms with Gasteiger partial charge in [0.2, 0.25) is 0 Å². The summed E-state index contributed by atoms with van der Waals surface area (Å²) in [5, 5.41) is 11.5. The molecular weight excluding hydrogens is 348 g/mol. The summed E-state index contributed by atoms with van der Waals surface area (Å²) in [6, 6.07) is 1.32. The summed E-state index contributed by atoms with van der Waals surface area (Å²) in [4.78, 5) is 41.9. The van der Waals surface area contributed by atoms with Crippen LogP contribution in [0.2, 0.25) is 0 Å². The van der Waals surface area contributed by atoms with E-state index >= 15 is 0 Å². The first-order chi connectivity index (χ1) is 12.9. The molecule has 2 N–H and O–H groups in total. The Labute approximate surface area is 155 Å². The number of hydrogen-bond donors (Lipinski definition) is 2. The molecule has 1 aliphatic heterocycles. The standard InChI is InChI=1S/C19H22N4O4/c1-11-14(10-22-7-6-12-4-2-3-5-13(12)9-22)17-15(8-16(11)23(26)27)20-18(24)19(25)21-17/h5,8,12H,2-4,6-7,9-10H2,1H3,(H,20,24)(H,21,25). The number of nitrogens with zero attached hydrogens (tertiary/aromatic N) is 2. The summed E-state index contributed by atoms with van der Waals surface area (Å²) in [5.41, 5.74) is 1.85. The molecule has 2 heterocycles. The van der Waals surface area contributed by atoms with E-state index in [2.05, 4.69) is 20.9 Å². The van der Waals surface area contributed by atoms with E-state index in [1.165, 1.54) is 24.5 Å². The summed E-state index contributed by atoms with van der Waals surface area (Å²) < 4.78 is 0. The number of fused-ring (bicyclic) bond motifs is 2. The van der Waals surface area contributed by atoms with Crippen LogP contribution in [-0.4, -0.2) is 32.9 Å². The number of piperidine rings is 1. The van der Waals surface area contributed by atoms with Gasteiger partial charge < -0.3 is 9.97 Å². The molecule has 1 aromatic carbocycles. The van der Waals surface area contributed by atoms with Crippen molar-refractivity contribution in [2.24, 2.45) is 5.92 Å². The third-order valence-electron chi connectivity index (χ3n) is 5.85. The molecule has 2 aromatic rings. The fourth-order valence-electron chi connectivity index (χ4n) is 4.36. The number of nitro groups is 1. The SMILES string of the molecule is Cc1c([N+](=O)[O-])cc2[nH]c(=O)c(=O)[nH]c2c1CN1CCC2CCCC=C2C1. The highest BCUT2D eigenvalue weighted by Crippen LogP contribution is 2.34. The van der Waals surface area contributed by atoms with Crippen molar-refractivity contribution in [2.75, 3.05) is 13.1 Å². The van der Waals surface area contributed by atoms with Gasteiger partial charge in [-0.2, -0.15) is 0 Å². The van der Waals surface area contributed by atoms with E-state index in [-0.39, 0.29) is 5.69 Å². The lowest BCUT2D eigenvalue weighted by Crippen LogP contribution is -2.36. The van der Waals surface area contributed by atoms with Gasteiger partial charge in [0.25, 0.3) is 5.69 Å². The van der Waals surface area contributed by atoms with E-state index in [9.17, 15) is 19.7 Å². The average molecular weight is 370 g/mol. The van der Waals surface area contributed by atoms with Gasteiger partial charge in [0.05, 0.1) is 16.0 Å². The molecule has 142 valence electrons. The summed E-state index contributed by atoms with van der Waals surface area (Å²) in [6.45, 7) is 3.96. The van der Waals surface area contributed by atoms with Gasteiger partial charge in [-0.1, -0.05) is 11.6 Å². The van der Waals surface area contributed by atoms with Crippen LogP contribution in [0.15, 0.2) is 27.3 Å². The van der Waals surface area contributed by atoms with Crippen molar-refractivity contribution < 1.29 is 4.92 Å². The second-order valence-electron chi connectivity index (χ2n) is 7.49. The van der Waals surface area contributed by atoms with Crippen LogP contribution in [0.3, 0.4) is 0 Å². The fraction of sp³-hybridized carbons (Fsp3) is 0.474. The third-order valence-corrected chi connectivity index (χ3v) is 5.85. The summed E-state index contributed by atoms with van der Waals surface area (Å²) >= 11 is 0. The van der Waals surface area contributed by atoms with Gasteiger partial charge in [0.15, 0.2) is 0 Å². The average Bonchev–Trinajstić information content (AvgIpc) is 2.65. The zero-order valence-electron chi connectivity index (χ0n) is 15.2. The molecule has 8 nitrogen and oxygen atoms in total. The predicted molar refractivity (Wildman–Crippen MR) is 102 cm³/mol. The molecular formula is C19H22N4O4. The Balaban J connectivity index is 1.78. The Bertz CT molecular complexity index is 1070. The Morgan fingerprint density at radius 3 is 2.81 bits per heavy atom. The number of allylic oxidation sites excluding steroid dienone is 1. The molecule has 1 saturated heterocycles. The highest BCUT2D eigenvalue weighted by molar-refractivity contribution is 5.82. The van der Waals surface area contributed by atoms with Crippen LogP contribution in [0.5, 0.6) is 0 Å². The van der Waals surface area contributed by atoms with Crippen LogP contribution >= 0.6 is 0 Å². The van der Waals surface area contributed by atoms with Gasteiger partial charge in [-0.15, -0.1) is 0 Å². The first kappa shape index (κ1) is 17.7. The third kappa shape index (κ3) is 3.21. The van der Waals surface area contributed by atoms with Crippen LogP contribution in [0.25, 0.3) is 11.0 Å². The van der Waals surface area contributed by atoms with Crippen molar-refractivity contribution in [1.29, 1.82) is 0 Å². The number of benzene rings is 1. The van der Waals surface area contributed by atoms with Gasteiger partial charge in [0.1, 0.15) is 0 Å². The smallest absolute Gasteiger partial charge is 0.314 e. The Hall–Kier alpha value is -2.74. The van der Waals surface area contributed by atoms with Gasteiger partial charge in [0, 0.05) is 30.3 Å². The van der Waals surface area contributed by atoms with Crippen molar-refractivity contribution in [3.63, 3.8) is 0 Å². The molecule has 1 unspecified atom stereocenters. The monoisotopic (exact) mass is 370 g/mol. The number of nitro benzene ring substituents is 1. The van der Waals surface area contributed by atoms with Crippen LogP contribution in [0.1, 0.15) is 36.8 Å².